The van der Waals surface area contributed by atoms with Crippen LogP contribution in [0.3, 0.4) is 0 Å². The van der Waals surface area contributed by atoms with E-state index < -0.39 is 36.6 Å². The second kappa shape index (κ2) is 4.52. The number of hydrogen-bond donors (Lipinski definition) is 2. The van der Waals surface area contributed by atoms with Crippen molar-refractivity contribution >= 4 is 11.9 Å². The minimum absolute atomic E-state index is 0.154. The van der Waals surface area contributed by atoms with Gasteiger partial charge < -0.3 is 10.4 Å². The third-order valence-corrected chi connectivity index (χ3v) is 2.60. The molecule has 1 heterocycles. The van der Waals surface area contributed by atoms with Gasteiger partial charge in [0, 0.05) is 6.04 Å². The molecule has 0 saturated heterocycles. The zero-order valence-corrected chi connectivity index (χ0v) is 9.39. The standard InChI is InChI=1S/C9H9F3N4O3/c10-9(11,12)4-1-5(4)13-8(19)6-2-16(15-14-6)3-7(17)18/h2,4-5H,1,3H2,(H,13,19)(H,17,18)/t4-,5-/m1/s1. The molecular weight excluding hydrogens is 269 g/mol. The van der Waals surface area contributed by atoms with E-state index in [-0.39, 0.29) is 12.1 Å². The average molecular weight is 278 g/mol. The number of nitrogens with one attached hydrogen (secondary N) is 1. The molecular formula is C9H9F3N4O3. The predicted molar refractivity (Wildman–Crippen MR) is 53.1 cm³/mol. The lowest BCUT2D eigenvalue weighted by atomic mass is 10.4. The first-order valence-corrected chi connectivity index (χ1v) is 5.27. The maximum atomic E-state index is 12.2. The molecule has 1 amide bonds. The summed E-state index contributed by atoms with van der Waals surface area (Å²) in [4.78, 5) is 21.9. The topological polar surface area (TPSA) is 97.1 Å². The van der Waals surface area contributed by atoms with Crippen molar-refractivity contribution in [1.29, 1.82) is 0 Å². The van der Waals surface area contributed by atoms with E-state index in [0.29, 0.717) is 0 Å². The van der Waals surface area contributed by atoms with Crippen molar-refractivity contribution in [2.24, 2.45) is 5.92 Å². The van der Waals surface area contributed by atoms with Gasteiger partial charge in [-0.25, -0.2) is 4.68 Å². The first kappa shape index (κ1) is 13.3. The molecule has 2 N–H and O–H groups in total. The van der Waals surface area contributed by atoms with E-state index in [2.05, 4.69) is 15.6 Å². The van der Waals surface area contributed by atoms with Gasteiger partial charge in [-0.15, -0.1) is 5.10 Å². The van der Waals surface area contributed by atoms with Gasteiger partial charge in [0.2, 0.25) is 0 Å². The van der Waals surface area contributed by atoms with Gasteiger partial charge in [0.1, 0.15) is 6.54 Å². The van der Waals surface area contributed by atoms with E-state index in [9.17, 15) is 22.8 Å². The highest BCUT2D eigenvalue weighted by molar-refractivity contribution is 5.92. The van der Waals surface area contributed by atoms with Crippen LogP contribution in [0.15, 0.2) is 6.20 Å². The lowest BCUT2D eigenvalue weighted by Gasteiger charge is -2.05. The quantitative estimate of drug-likeness (QED) is 0.810. The maximum Gasteiger partial charge on any atom is 0.393 e. The minimum atomic E-state index is -4.32. The predicted octanol–water partition coefficient (Wildman–Crippen LogP) is 0.0433. The molecule has 7 nitrogen and oxygen atoms in total. The van der Waals surface area contributed by atoms with Crippen LogP contribution in [0.1, 0.15) is 16.9 Å². The molecule has 104 valence electrons. The zero-order chi connectivity index (χ0) is 14.2. The summed E-state index contributed by atoms with van der Waals surface area (Å²) in [6, 6.07) is -0.947. The highest BCUT2D eigenvalue weighted by Gasteiger charge is 2.56. The number of halogens is 3. The van der Waals surface area contributed by atoms with E-state index in [1.165, 1.54) is 0 Å². The molecule has 0 radical (unpaired) electrons. The van der Waals surface area contributed by atoms with Crippen LogP contribution in [0.2, 0.25) is 0 Å². The normalized spacial score (nSPS) is 22.1. The van der Waals surface area contributed by atoms with Gasteiger partial charge in [0.25, 0.3) is 5.91 Å². The van der Waals surface area contributed by atoms with Crippen molar-refractivity contribution in [2.75, 3.05) is 0 Å². The first-order valence-electron chi connectivity index (χ1n) is 5.27. The van der Waals surface area contributed by atoms with Crippen LogP contribution in [0.25, 0.3) is 0 Å². The number of aromatic nitrogens is 3. The molecule has 0 unspecified atom stereocenters. The highest BCUT2D eigenvalue weighted by atomic mass is 19.4. The SMILES string of the molecule is O=C(O)Cn1cc(C(=O)N[C@@H]2C[C@H]2C(F)(F)F)nn1. The number of carbonyl (C=O) groups excluding carboxylic acids is 1. The summed E-state index contributed by atoms with van der Waals surface area (Å²) in [7, 11) is 0. The van der Waals surface area contributed by atoms with Gasteiger partial charge >= 0.3 is 12.1 Å². The highest BCUT2D eigenvalue weighted by Crippen LogP contribution is 2.44. The van der Waals surface area contributed by atoms with Gasteiger partial charge in [0.05, 0.1) is 12.1 Å². The van der Waals surface area contributed by atoms with E-state index in [4.69, 9.17) is 5.11 Å². The number of aliphatic carboxylic acids is 1. The van der Waals surface area contributed by atoms with E-state index in [1.807, 2.05) is 0 Å². The third kappa shape index (κ3) is 3.20. The minimum Gasteiger partial charge on any atom is -0.480 e. The Hall–Kier alpha value is -2.13. The molecule has 1 aromatic heterocycles. The van der Waals surface area contributed by atoms with Crippen LogP contribution in [0.5, 0.6) is 0 Å². The summed E-state index contributed by atoms with van der Waals surface area (Å²) >= 11 is 0. The molecule has 0 spiro atoms. The molecule has 1 fully saturated rings. The number of nitrogens with zero attached hydrogens (tertiary/aromatic N) is 3. The van der Waals surface area contributed by atoms with Gasteiger partial charge in [-0.2, -0.15) is 13.2 Å². The second-order valence-corrected chi connectivity index (χ2v) is 4.16. The summed E-state index contributed by atoms with van der Waals surface area (Å²) in [6.45, 7) is -0.477. The summed E-state index contributed by atoms with van der Waals surface area (Å²) in [6.07, 6.45) is -3.41. The molecule has 0 bridgehead atoms. The lowest BCUT2D eigenvalue weighted by Crippen LogP contribution is -2.30. The fourth-order valence-electron chi connectivity index (χ4n) is 1.58. The zero-order valence-electron chi connectivity index (χ0n) is 9.39. The van der Waals surface area contributed by atoms with Crippen molar-refractivity contribution in [3.05, 3.63) is 11.9 Å². The number of carboxylic acid groups (broad SMARTS) is 1. The third-order valence-electron chi connectivity index (χ3n) is 2.60. The number of rotatable bonds is 4. The van der Waals surface area contributed by atoms with Gasteiger partial charge in [-0.05, 0) is 6.42 Å². The molecule has 1 aromatic rings. The number of hydrogen-bond acceptors (Lipinski definition) is 4. The van der Waals surface area contributed by atoms with Crippen LogP contribution in [-0.2, 0) is 11.3 Å². The number of alkyl halides is 3. The molecule has 19 heavy (non-hydrogen) atoms. The van der Waals surface area contributed by atoms with E-state index >= 15 is 0 Å². The molecule has 1 saturated carbocycles. The Labute approximate surface area is 104 Å². The summed E-state index contributed by atoms with van der Waals surface area (Å²) in [5.41, 5.74) is -0.214. The first-order chi connectivity index (χ1) is 8.77. The molecule has 2 atom stereocenters. The Kier molecular flexibility index (Phi) is 3.16. The van der Waals surface area contributed by atoms with Gasteiger partial charge in [0.15, 0.2) is 5.69 Å². The van der Waals surface area contributed by atoms with Gasteiger partial charge in [-0.3, -0.25) is 9.59 Å². The van der Waals surface area contributed by atoms with Crippen LogP contribution in [-0.4, -0.2) is 44.2 Å². The van der Waals surface area contributed by atoms with E-state index in [0.717, 1.165) is 10.9 Å². The number of carbonyl (C=O) groups is 2. The van der Waals surface area contributed by atoms with E-state index in [1.54, 1.807) is 0 Å². The van der Waals surface area contributed by atoms with Crippen molar-refractivity contribution in [3.8, 4) is 0 Å². The van der Waals surface area contributed by atoms with Crippen molar-refractivity contribution in [1.82, 2.24) is 20.3 Å². The number of amides is 1. The Morgan fingerprint density at radius 1 is 1.53 bits per heavy atom. The Morgan fingerprint density at radius 2 is 2.21 bits per heavy atom. The van der Waals surface area contributed by atoms with Crippen LogP contribution >= 0.6 is 0 Å². The second-order valence-electron chi connectivity index (χ2n) is 4.16. The van der Waals surface area contributed by atoms with Crippen molar-refractivity contribution in [2.45, 2.75) is 25.2 Å². The Bertz CT molecular complexity index is 513. The van der Waals surface area contributed by atoms with Crippen molar-refractivity contribution in [3.63, 3.8) is 0 Å². The molecule has 1 aliphatic rings. The molecule has 1 aliphatic carbocycles. The average Bonchev–Trinajstić information content (AvgIpc) is 2.88. The van der Waals surface area contributed by atoms with Crippen LogP contribution in [0.4, 0.5) is 13.2 Å². The Morgan fingerprint density at radius 3 is 2.74 bits per heavy atom. The maximum absolute atomic E-state index is 12.2. The smallest absolute Gasteiger partial charge is 0.393 e. The van der Waals surface area contributed by atoms with Crippen LogP contribution < -0.4 is 5.32 Å². The summed E-state index contributed by atoms with van der Waals surface area (Å²) in [5, 5.41) is 17.4. The molecule has 10 heteroatoms. The summed E-state index contributed by atoms with van der Waals surface area (Å²) < 4.78 is 37.6. The largest absolute Gasteiger partial charge is 0.480 e. The summed E-state index contributed by atoms with van der Waals surface area (Å²) in [5.74, 6) is -3.49. The van der Waals surface area contributed by atoms with Crippen LogP contribution in [0, 0.1) is 5.92 Å². The molecule has 0 aliphatic heterocycles. The van der Waals surface area contributed by atoms with Gasteiger partial charge in [-0.1, -0.05) is 5.21 Å². The number of carboxylic acids is 1. The Balaban J connectivity index is 1.91. The monoisotopic (exact) mass is 278 g/mol. The fourth-order valence-corrected chi connectivity index (χ4v) is 1.58. The fraction of sp³-hybridized carbons (Fsp3) is 0.556. The molecule has 2 rings (SSSR count). The van der Waals surface area contributed by atoms with Crippen molar-refractivity contribution < 1.29 is 27.9 Å². The molecule has 0 aromatic carbocycles. The lowest BCUT2D eigenvalue weighted by molar-refractivity contribution is -0.148.